The SMILES string of the molecule is Cc1ccc(NC(=O)c2c[nH]c3ccccc23)c(C(=O)O)c1. The van der Waals surface area contributed by atoms with E-state index in [-0.39, 0.29) is 17.2 Å². The number of anilines is 1. The third kappa shape index (κ3) is 2.44. The minimum atomic E-state index is -1.07. The Bertz CT molecular complexity index is 880. The average Bonchev–Trinajstić information content (AvgIpc) is 2.93. The number of aromatic carboxylic acids is 1. The zero-order chi connectivity index (χ0) is 15.7. The van der Waals surface area contributed by atoms with Gasteiger partial charge in [0, 0.05) is 17.1 Å². The van der Waals surface area contributed by atoms with Gasteiger partial charge in [-0.25, -0.2) is 4.79 Å². The lowest BCUT2D eigenvalue weighted by molar-refractivity contribution is 0.0698. The first-order valence-electron chi connectivity index (χ1n) is 6.77. The monoisotopic (exact) mass is 294 g/mol. The summed E-state index contributed by atoms with van der Waals surface area (Å²) in [5, 5.41) is 12.7. The number of carboxylic acids is 1. The zero-order valence-electron chi connectivity index (χ0n) is 11.9. The molecule has 0 aliphatic heterocycles. The standard InChI is InChI=1S/C17H14N2O3/c1-10-6-7-15(12(8-10)17(21)22)19-16(20)13-9-18-14-5-3-2-4-11(13)14/h2-9,18H,1H3,(H,19,20)(H,21,22). The first kappa shape index (κ1) is 13.9. The molecule has 2 aromatic carbocycles. The summed E-state index contributed by atoms with van der Waals surface area (Å²) in [7, 11) is 0. The Morgan fingerprint density at radius 1 is 1.09 bits per heavy atom. The zero-order valence-corrected chi connectivity index (χ0v) is 11.9. The van der Waals surface area contributed by atoms with Crippen LogP contribution in [0.25, 0.3) is 10.9 Å². The lowest BCUT2D eigenvalue weighted by atomic mass is 10.1. The van der Waals surface area contributed by atoms with Crippen LogP contribution in [0.2, 0.25) is 0 Å². The van der Waals surface area contributed by atoms with Gasteiger partial charge in [0.05, 0.1) is 16.8 Å². The number of aromatic amines is 1. The third-order valence-corrected chi connectivity index (χ3v) is 3.49. The third-order valence-electron chi connectivity index (χ3n) is 3.49. The number of fused-ring (bicyclic) bond motifs is 1. The molecule has 0 atom stereocenters. The number of aryl methyl sites for hydroxylation is 1. The molecule has 3 aromatic rings. The van der Waals surface area contributed by atoms with Crippen molar-refractivity contribution in [3.63, 3.8) is 0 Å². The normalized spacial score (nSPS) is 10.6. The van der Waals surface area contributed by atoms with E-state index in [1.54, 1.807) is 25.3 Å². The maximum atomic E-state index is 12.4. The van der Waals surface area contributed by atoms with E-state index in [1.165, 1.54) is 6.07 Å². The van der Waals surface area contributed by atoms with Crippen molar-refractivity contribution in [2.45, 2.75) is 6.92 Å². The molecule has 0 fully saturated rings. The van der Waals surface area contributed by atoms with Gasteiger partial charge in [-0.05, 0) is 25.1 Å². The first-order chi connectivity index (χ1) is 10.6. The highest BCUT2D eigenvalue weighted by Gasteiger charge is 2.16. The first-order valence-corrected chi connectivity index (χ1v) is 6.77. The summed E-state index contributed by atoms with van der Waals surface area (Å²) in [6.07, 6.45) is 1.62. The topological polar surface area (TPSA) is 82.2 Å². The number of carboxylic acid groups (broad SMARTS) is 1. The van der Waals surface area contributed by atoms with Crippen LogP contribution in [0.5, 0.6) is 0 Å². The van der Waals surface area contributed by atoms with E-state index >= 15 is 0 Å². The van der Waals surface area contributed by atoms with E-state index in [9.17, 15) is 14.7 Å². The Labute approximate surface area is 126 Å². The fraction of sp³-hybridized carbons (Fsp3) is 0.0588. The summed E-state index contributed by atoms with van der Waals surface area (Å²) < 4.78 is 0. The van der Waals surface area contributed by atoms with Crippen molar-refractivity contribution in [2.75, 3.05) is 5.32 Å². The maximum Gasteiger partial charge on any atom is 0.337 e. The number of aromatic nitrogens is 1. The number of hydrogen-bond acceptors (Lipinski definition) is 2. The van der Waals surface area contributed by atoms with E-state index < -0.39 is 5.97 Å². The molecule has 0 spiro atoms. The largest absolute Gasteiger partial charge is 0.478 e. The molecule has 1 amide bonds. The predicted octanol–water partition coefficient (Wildman–Crippen LogP) is 3.43. The lowest BCUT2D eigenvalue weighted by Crippen LogP contribution is -2.14. The second-order valence-electron chi connectivity index (χ2n) is 5.06. The van der Waals surface area contributed by atoms with Crippen LogP contribution in [0.4, 0.5) is 5.69 Å². The van der Waals surface area contributed by atoms with Gasteiger partial charge in [0.25, 0.3) is 5.91 Å². The molecule has 1 heterocycles. The molecular formula is C17H14N2O3. The molecule has 0 saturated heterocycles. The Balaban J connectivity index is 1.97. The summed E-state index contributed by atoms with van der Waals surface area (Å²) in [6.45, 7) is 1.80. The number of benzene rings is 2. The number of rotatable bonds is 3. The highest BCUT2D eigenvalue weighted by Crippen LogP contribution is 2.22. The molecule has 22 heavy (non-hydrogen) atoms. The van der Waals surface area contributed by atoms with Gasteiger partial charge in [0.2, 0.25) is 0 Å². The van der Waals surface area contributed by atoms with Crippen LogP contribution < -0.4 is 5.32 Å². The molecule has 0 saturated carbocycles. The Morgan fingerprint density at radius 3 is 2.64 bits per heavy atom. The molecular weight excluding hydrogens is 280 g/mol. The van der Waals surface area contributed by atoms with Crippen molar-refractivity contribution in [3.05, 3.63) is 65.4 Å². The van der Waals surface area contributed by atoms with Crippen LogP contribution in [0.3, 0.4) is 0 Å². The van der Waals surface area contributed by atoms with E-state index in [4.69, 9.17) is 0 Å². The van der Waals surface area contributed by atoms with Crippen molar-refractivity contribution in [2.24, 2.45) is 0 Å². The molecule has 0 aliphatic rings. The van der Waals surface area contributed by atoms with Gasteiger partial charge in [0.15, 0.2) is 0 Å². The van der Waals surface area contributed by atoms with E-state index in [2.05, 4.69) is 10.3 Å². The van der Waals surface area contributed by atoms with Crippen LogP contribution >= 0.6 is 0 Å². The average molecular weight is 294 g/mol. The molecule has 5 heteroatoms. The van der Waals surface area contributed by atoms with Gasteiger partial charge in [0.1, 0.15) is 0 Å². The number of amides is 1. The molecule has 110 valence electrons. The van der Waals surface area contributed by atoms with Gasteiger partial charge in [-0.3, -0.25) is 4.79 Å². The fourth-order valence-corrected chi connectivity index (χ4v) is 2.39. The Kier molecular flexibility index (Phi) is 3.39. The number of H-pyrrole nitrogens is 1. The van der Waals surface area contributed by atoms with Crippen molar-refractivity contribution in [1.29, 1.82) is 0 Å². The van der Waals surface area contributed by atoms with Crippen LogP contribution in [-0.2, 0) is 0 Å². The second kappa shape index (κ2) is 5.37. The van der Waals surface area contributed by atoms with Gasteiger partial charge >= 0.3 is 5.97 Å². The highest BCUT2D eigenvalue weighted by molar-refractivity contribution is 6.14. The summed E-state index contributed by atoms with van der Waals surface area (Å²) in [5.74, 6) is -1.42. The summed E-state index contributed by atoms with van der Waals surface area (Å²) in [5.41, 5.74) is 2.52. The quantitative estimate of drug-likeness (QED) is 0.692. The van der Waals surface area contributed by atoms with Crippen molar-refractivity contribution in [1.82, 2.24) is 4.98 Å². The molecule has 5 nitrogen and oxygen atoms in total. The number of carbonyl (C=O) groups excluding carboxylic acids is 1. The van der Waals surface area contributed by atoms with Crippen LogP contribution in [-0.4, -0.2) is 22.0 Å². The van der Waals surface area contributed by atoms with Crippen LogP contribution in [0.15, 0.2) is 48.7 Å². The van der Waals surface area contributed by atoms with Gasteiger partial charge in [-0.1, -0.05) is 29.8 Å². The van der Waals surface area contributed by atoms with Gasteiger partial charge in [-0.15, -0.1) is 0 Å². The maximum absolute atomic E-state index is 12.4. The minimum Gasteiger partial charge on any atom is -0.478 e. The second-order valence-corrected chi connectivity index (χ2v) is 5.06. The Morgan fingerprint density at radius 2 is 1.86 bits per heavy atom. The van der Waals surface area contributed by atoms with E-state index in [0.29, 0.717) is 5.56 Å². The van der Waals surface area contributed by atoms with Crippen LogP contribution in [0, 0.1) is 6.92 Å². The highest BCUT2D eigenvalue weighted by atomic mass is 16.4. The molecule has 3 rings (SSSR count). The summed E-state index contributed by atoms with van der Waals surface area (Å²) in [4.78, 5) is 26.7. The van der Waals surface area contributed by atoms with Gasteiger partial charge < -0.3 is 15.4 Å². The van der Waals surface area contributed by atoms with Crippen molar-refractivity contribution in [3.8, 4) is 0 Å². The summed E-state index contributed by atoms with van der Waals surface area (Å²) in [6, 6.07) is 12.3. The lowest BCUT2D eigenvalue weighted by Gasteiger charge is -2.09. The number of nitrogens with one attached hydrogen (secondary N) is 2. The number of para-hydroxylation sites is 1. The molecule has 0 bridgehead atoms. The molecule has 1 aromatic heterocycles. The molecule has 0 radical (unpaired) electrons. The Hall–Kier alpha value is -3.08. The summed E-state index contributed by atoms with van der Waals surface area (Å²) >= 11 is 0. The minimum absolute atomic E-state index is 0.0770. The van der Waals surface area contributed by atoms with E-state index in [1.807, 2.05) is 24.3 Å². The molecule has 0 unspecified atom stereocenters. The number of hydrogen-bond donors (Lipinski definition) is 3. The molecule has 3 N–H and O–H groups in total. The van der Waals surface area contributed by atoms with Crippen molar-refractivity contribution < 1.29 is 14.7 Å². The van der Waals surface area contributed by atoms with Crippen LogP contribution in [0.1, 0.15) is 26.3 Å². The fourth-order valence-electron chi connectivity index (χ4n) is 2.39. The van der Waals surface area contributed by atoms with Crippen molar-refractivity contribution >= 4 is 28.5 Å². The molecule has 0 aliphatic carbocycles. The predicted molar refractivity (Wildman–Crippen MR) is 84.4 cm³/mol. The smallest absolute Gasteiger partial charge is 0.337 e. The van der Waals surface area contributed by atoms with E-state index in [0.717, 1.165) is 16.5 Å². The van der Waals surface area contributed by atoms with Gasteiger partial charge in [-0.2, -0.15) is 0 Å². The number of carbonyl (C=O) groups is 2.